The van der Waals surface area contributed by atoms with Crippen molar-refractivity contribution in [2.24, 2.45) is 0 Å². The predicted octanol–water partition coefficient (Wildman–Crippen LogP) is 3.06. The molecule has 1 rings (SSSR count). The summed E-state index contributed by atoms with van der Waals surface area (Å²) < 4.78 is 13.1. The van der Waals surface area contributed by atoms with Gasteiger partial charge in [0.25, 0.3) is 0 Å². The molecule has 0 spiro atoms. The lowest BCUT2D eigenvalue weighted by molar-refractivity contribution is 0.482. The Morgan fingerprint density at radius 2 is 2.35 bits per heavy atom. The minimum atomic E-state index is -0.289. The molecule has 1 aromatic heterocycles. The van der Waals surface area contributed by atoms with Gasteiger partial charge in [-0.3, -0.25) is 4.98 Å². The second-order valence-electron chi connectivity index (χ2n) is 4.04. The van der Waals surface area contributed by atoms with Crippen molar-refractivity contribution < 1.29 is 4.39 Å². The Labute approximate surface area is 103 Å². The smallest absolute Gasteiger partial charge is 0.141 e. The third kappa shape index (κ3) is 4.97. The maximum Gasteiger partial charge on any atom is 0.141 e. The Balaban J connectivity index is 2.64. The Morgan fingerprint density at radius 3 is 3.00 bits per heavy atom. The molecule has 1 N–H and O–H groups in total. The van der Waals surface area contributed by atoms with Crippen LogP contribution in [0, 0.1) is 18.2 Å². The van der Waals surface area contributed by atoms with Gasteiger partial charge in [-0.15, -0.1) is 12.3 Å². The van der Waals surface area contributed by atoms with Gasteiger partial charge in [-0.05, 0) is 37.4 Å². The topological polar surface area (TPSA) is 24.9 Å². The molecule has 3 heteroatoms. The molecule has 2 nitrogen and oxygen atoms in total. The van der Waals surface area contributed by atoms with Crippen LogP contribution in [-0.2, 0) is 0 Å². The van der Waals surface area contributed by atoms with Gasteiger partial charge < -0.3 is 5.32 Å². The highest BCUT2D eigenvalue weighted by molar-refractivity contribution is 5.15. The van der Waals surface area contributed by atoms with E-state index in [1.807, 2.05) is 0 Å². The second-order valence-corrected chi connectivity index (χ2v) is 4.04. The molecule has 1 atom stereocenters. The van der Waals surface area contributed by atoms with E-state index in [2.05, 4.69) is 23.1 Å². The fraction of sp³-hybridized carbons (Fsp3) is 0.500. The number of rotatable bonds is 7. The van der Waals surface area contributed by atoms with Gasteiger partial charge in [-0.25, -0.2) is 4.39 Å². The third-order valence-electron chi connectivity index (χ3n) is 2.58. The molecule has 0 radical (unpaired) electrons. The first kappa shape index (κ1) is 13.7. The molecule has 0 amide bonds. The lowest BCUT2D eigenvalue weighted by Gasteiger charge is -2.18. The average Bonchev–Trinajstić information content (AvgIpc) is 2.33. The van der Waals surface area contributed by atoms with E-state index < -0.39 is 0 Å². The van der Waals surface area contributed by atoms with Gasteiger partial charge in [-0.2, -0.15) is 0 Å². The predicted molar refractivity (Wildman–Crippen MR) is 67.9 cm³/mol. The van der Waals surface area contributed by atoms with E-state index in [1.54, 1.807) is 6.20 Å². The molecular formula is C14H19FN2. The quantitative estimate of drug-likeness (QED) is 0.579. The van der Waals surface area contributed by atoms with Crippen LogP contribution in [0.15, 0.2) is 18.5 Å². The van der Waals surface area contributed by atoms with Gasteiger partial charge in [0.05, 0.1) is 6.20 Å². The first-order valence-electron chi connectivity index (χ1n) is 6.05. The fourth-order valence-corrected chi connectivity index (χ4v) is 1.73. The van der Waals surface area contributed by atoms with Crippen molar-refractivity contribution in [2.45, 2.75) is 38.6 Å². The van der Waals surface area contributed by atoms with Crippen LogP contribution < -0.4 is 5.32 Å². The Morgan fingerprint density at radius 1 is 1.53 bits per heavy atom. The maximum atomic E-state index is 13.1. The van der Waals surface area contributed by atoms with Crippen molar-refractivity contribution in [1.82, 2.24) is 10.3 Å². The van der Waals surface area contributed by atoms with Crippen molar-refractivity contribution >= 4 is 0 Å². The summed E-state index contributed by atoms with van der Waals surface area (Å²) in [4.78, 5) is 3.89. The average molecular weight is 234 g/mol. The summed E-state index contributed by atoms with van der Waals surface area (Å²) >= 11 is 0. The normalized spacial score (nSPS) is 12.1. The highest BCUT2D eigenvalue weighted by atomic mass is 19.1. The number of aromatic nitrogens is 1. The fourth-order valence-electron chi connectivity index (χ4n) is 1.73. The van der Waals surface area contributed by atoms with Crippen molar-refractivity contribution in [3.8, 4) is 12.3 Å². The van der Waals surface area contributed by atoms with E-state index in [0.717, 1.165) is 37.8 Å². The number of nitrogens with one attached hydrogen (secondary N) is 1. The van der Waals surface area contributed by atoms with Crippen molar-refractivity contribution in [2.75, 3.05) is 6.54 Å². The Kier molecular flexibility index (Phi) is 6.27. The zero-order chi connectivity index (χ0) is 12.5. The Bertz CT molecular complexity index is 371. The molecule has 0 aromatic carbocycles. The van der Waals surface area contributed by atoms with Gasteiger partial charge in [0.2, 0.25) is 0 Å². The van der Waals surface area contributed by atoms with Gasteiger partial charge in [0.1, 0.15) is 5.82 Å². The first-order chi connectivity index (χ1) is 8.27. The van der Waals surface area contributed by atoms with Gasteiger partial charge in [0, 0.05) is 18.7 Å². The SMILES string of the molecule is C#CCCCC(NCCC)c1cncc(F)c1. The van der Waals surface area contributed by atoms with Crippen LogP contribution in [0.4, 0.5) is 4.39 Å². The lowest BCUT2D eigenvalue weighted by Crippen LogP contribution is -2.22. The summed E-state index contributed by atoms with van der Waals surface area (Å²) in [6.45, 7) is 3.02. The largest absolute Gasteiger partial charge is 0.310 e. The molecule has 0 aliphatic heterocycles. The number of terminal acetylenes is 1. The number of halogens is 1. The number of unbranched alkanes of at least 4 members (excludes halogenated alkanes) is 1. The highest BCUT2D eigenvalue weighted by Gasteiger charge is 2.11. The number of pyridine rings is 1. The van der Waals surface area contributed by atoms with E-state index in [0.29, 0.717) is 0 Å². The molecule has 17 heavy (non-hydrogen) atoms. The summed E-state index contributed by atoms with van der Waals surface area (Å²) in [5.41, 5.74) is 0.899. The highest BCUT2D eigenvalue weighted by Crippen LogP contribution is 2.19. The molecular weight excluding hydrogens is 215 g/mol. The number of nitrogens with zero attached hydrogens (tertiary/aromatic N) is 1. The van der Waals surface area contributed by atoms with Gasteiger partial charge >= 0.3 is 0 Å². The summed E-state index contributed by atoms with van der Waals surface area (Å²) in [5, 5.41) is 3.40. The van der Waals surface area contributed by atoms with Gasteiger partial charge in [0.15, 0.2) is 0 Å². The van der Waals surface area contributed by atoms with Crippen molar-refractivity contribution in [3.63, 3.8) is 0 Å². The molecule has 1 heterocycles. The van der Waals surface area contributed by atoms with Crippen LogP contribution in [0.5, 0.6) is 0 Å². The van der Waals surface area contributed by atoms with Crippen LogP contribution in [-0.4, -0.2) is 11.5 Å². The molecule has 92 valence electrons. The second kappa shape index (κ2) is 7.81. The standard InChI is InChI=1S/C14H19FN2/c1-3-5-6-7-14(17-8-4-2)12-9-13(15)11-16-10-12/h1,9-11,14,17H,4-8H2,2H3. The number of hydrogen-bond acceptors (Lipinski definition) is 2. The van der Waals surface area contributed by atoms with Crippen LogP contribution in [0.2, 0.25) is 0 Å². The lowest BCUT2D eigenvalue weighted by atomic mass is 10.0. The molecule has 1 unspecified atom stereocenters. The Hall–Kier alpha value is -1.40. The van der Waals surface area contributed by atoms with E-state index in [9.17, 15) is 4.39 Å². The summed E-state index contributed by atoms with van der Waals surface area (Å²) in [6, 6.07) is 1.68. The minimum Gasteiger partial charge on any atom is -0.310 e. The van der Waals surface area contributed by atoms with E-state index in [-0.39, 0.29) is 11.9 Å². The molecule has 0 saturated carbocycles. The summed E-state index contributed by atoms with van der Waals surface area (Å²) in [6.07, 6.45) is 11.8. The monoisotopic (exact) mass is 234 g/mol. The van der Waals surface area contributed by atoms with Crippen LogP contribution in [0.1, 0.15) is 44.2 Å². The van der Waals surface area contributed by atoms with Gasteiger partial charge in [-0.1, -0.05) is 6.92 Å². The number of hydrogen-bond donors (Lipinski definition) is 1. The van der Waals surface area contributed by atoms with E-state index in [4.69, 9.17) is 6.42 Å². The van der Waals surface area contributed by atoms with Crippen LogP contribution >= 0.6 is 0 Å². The zero-order valence-electron chi connectivity index (χ0n) is 10.2. The first-order valence-corrected chi connectivity index (χ1v) is 6.05. The summed E-state index contributed by atoms with van der Waals surface area (Å²) in [5.74, 6) is 2.34. The molecule has 0 saturated heterocycles. The van der Waals surface area contributed by atoms with Crippen LogP contribution in [0.3, 0.4) is 0 Å². The van der Waals surface area contributed by atoms with E-state index in [1.165, 1.54) is 12.3 Å². The zero-order valence-corrected chi connectivity index (χ0v) is 10.2. The minimum absolute atomic E-state index is 0.145. The van der Waals surface area contributed by atoms with E-state index >= 15 is 0 Å². The molecule has 1 aromatic rings. The third-order valence-corrected chi connectivity index (χ3v) is 2.58. The molecule has 0 bridgehead atoms. The summed E-state index contributed by atoms with van der Waals surface area (Å²) in [7, 11) is 0. The maximum absolute atomic E-state index is 13.1. The molecule has 0 fully saturated rings. The molecule has 0 aliphatic carbocycles. The van der Waals surface area contributed by atoms with Crippen molar-refractivity contribution in [3.05, 3.63) is 29.8 Å². The van der Waals surface area contributed by atoms with Crippen molar-refractivity contribution in [1.29, 1.82) is 0 Å². The molecule has 0 aliphatic rings. The van der Waals surface area contributed by atoms with Crippen LogP contribution in [0.25, 0.3) is 0 Å².